The number of ether oxygens (including phenoxy) is 1. The van der Waals surface area contributed by atoms with E-state index in [0.29, 0.717) is 25.9 Å². The molecule has 3 rings (SSSR count). The molecule has 1 aromatic carbocycles. The van der Waals surface area contributed by atoms with Crippen LogP contribution in [0.5, 0.6) is 5.75 Å². The summed E-state index contributed by atoms with van der Waals surface area (Å²) in [6, 6.07) is 7.88. The molecule has 1 N–H and O–H groups in total. The van der Waals surface area contributed by atoms with E-state index in [1.54, 1.807) is 0 Å². The number of hydrogen-bond donors (Lipinski definition) is 1. The van der Waals surface area contributed by atoms with E-state index in [1.807, 2.05) is 25.1 Å². The highest BCUT2D eigenvalue weighted by atomic mass is 32.2. The lowest BCUT2D eigenvalue weighted by atomic mass is 9.91. The summed E-state index contributed by atoms with van der Waals surface area (Å²) in [7, 11) is -3.50. The van der Waals surface area contributed by atoms with Gasteiger partial charge in [0.15, 0.2) is 0 Å². The number of aryl methyl sites for hydroxylation is 1. The first-order valence-corrected chi connectivity index (χ1v) is 9.71. The van der Waals surface area contributed by atoms with Crippen LogP contribution < -0.4 is 9.46 Å². The molecule has 6 heteroatoms. The maximum atomic E-state index is 12.5. The molecule has 0 spiro atoms. The number of para-hydroxylation sites is 1. The van der Waals surface area contributed by atoms with Crippen LogP contribution in [0.2, 0.25) is 0 Å². The van der Waals surface area contributed by atoms with Gasteiger partial charge in [-0.15, -0.1) is 0 Å². The minimum atomic E-state index is -3.50. The smallest absolute Gasteiger partial charge is 0.213 e. The maximum Gasteiger partial charge on any atom is 0.213 e. The summed E-state index contributed by atoms with van der Waals surface area (Å²) in [5, 5.41) is 9.38. The number of sulfonamides is 1. The van der Waals surface area contributed by atoms with Gasteiger partial charge in [0.1, 0.15) is 12.4 Å². The van der Waals surface area contributed by atoms with E-state index >= 15 is 0 Å². The van der Waals surface area contributed by atoms with Gasteiger partial charge in [-0.05, 0) is 37.3 Å². The molecular formula is C17H22N2O3S. The molecule has 23 heavy (non-hydrogen) atoms. The third kappa shape index (κ3) is 3.51. The van der Waals surface area contributed by atoms with Crippen molar-refractivity contribution in [1.82, 2.24) is 4.72 Å². The van der Waals surface area contributed by atoms with Gasteiger partial charge in [0.05, 0.1) is 23.3 Å². The molecule has 0 amide bonds. The van der Waals surface area contributed by atoms with Crippen LogP contribution in [0.3, 0.4) is 0 Å². The van der Waals surface area contributed by atoms with E-state index in [4.69, 9.17) is 4.74 Å². The Morgan fingerprint density at radius 1 is 1.39 bits per heavy atom. The average molecular weight is 334 g/mol. The van der Waals surface area contributed by atoms with Gasteiger partial charge in [0.25, 0.3) is 0 Å². The van der Waals surface area contributed by atoms with Crippen molar-refractivity contribution >= 4 is 10.0 Å². The Morgan fingerprint density at radius 2 is 2.13 bits per heavy atom. The highest BCUT2D eigenvalue weighted by molar-refractivity contribution is 7.89. The topological polar surface area (TPSA) is 79.2 Å². The van der Waals surface area contributed by atoms with Gasteiger partial charge in [-0.2, -0.15) is 5.26 Å². The molecule has 0 bridgehead atoms. The van der Waals surface area contributed by atoms with Crippen LogP contribution in [0.15, 0.2) is 18.2 Å². The third-order valence-corrected chi connectivity index (χ3v) is 6.42. The van der Waals surface area contributed by atoms with Gasteiger partial charge in [0.2, 0.25) is 10.0 Å². The van der Waals surface area contributed by atoms with Crippen molar-refractivity contribution < 1.29 is 13.2 Å². The molecule has 1 heterocycles. The Kier molecular flexibility index (Phi) is 4.35. The van der Waals surface area contributed by atoms with E-state index in [1.165, 1.54) is 0 Å². The molecule has 0 aromatic heterocycles. The summed E-state index contributed by atoms with van der Waals surface area (Å²) in [4.78, 5) is 0. The van der Waals surface area contributed by atoms with Gasteiger partial charge >= 0.3 is 0 Å². The standard InChI is InChI=1S/C17H22N2O3S/c1-13-5-4-6-14-9-15(10-22-16(13)14)19-23(20,21)12-17(11-18)7-2-3-8-17/h4-6,15,19H,2-3,7-10,12H2,1H3/t15-/m0/s1. The molecule has 0 unspecified atom stereocenters. The van der Waals surface area contributed by atoms with Crippen LogP contribution >= 0.6 is 0 Å². The second-order valence-electron chi connectivity index (χ2n) is 6.75. The first kappa shape index (κ1) is 16.3. The Balaban J connectivity index is 1.69. The van der Waals surface area contributed by atoms with Crippen molar-refractivity contribution in [2.75, 3.05) is 12.4 Å². The van der Waals surface area contributed by atoms with Gasteiger partial charge in [0, 0.05) is 0 Å². The first-order valence-electron chi connectivity index (χ1n) is 8.06. The van der Waals surface area contributed by atoms with E-state index in [9.17, 15) is 13.7 Å². The normalized spacial score (nSPS) is 22.9. The lowest BCUT2D eigenvalue weighted by molar-refractivity contribution is 0.252. The lowest BCUT2D eigenvalue weighted by Gasteiger charge is -2.28. The zero-order valence-electron chi connectivity index (χ0n) is 13.3. The van der Waals surface area contributed by atoms with E-state index in [0.717, 1.165) is 29.7 Å². The summed E-state index contributed by atoms with van der Waals surface area (Å²) in [5.74, 6) is 0.764. The molecule has 2 aliphatic rings. The molecule has 1 saturated carbocycles. The predicted octanol–water partition coefficient (Wildman–Crippen LogP) is 2.30. The molecule has 0 saturated heterocycles. The van der Waals surface area contributed by atoms with Gasteiger partial charge in [-0.1, -0.05) is 31.0 Å². The van der Waals surface area contributed by atoms with Crippen molar-refractivity contribution in [2.24, 2.45) is 5.41 Å². The second-order valence-corrected chi connectivity index (χ2v) is 8.51. The Morgan fingerprint density at radius 3 is 2.83 bits per heavy atom. The highest BCUT2D eigenvalue weighted by Gasteiger charge is 2.39. The van der Waals surface area contributed by atoms with Crippen LogP contribution in [-0.4, -0.2) is 26.8 Å². The molecule has 1 aliphatic heterocycles. The van der Waals surface area contributed by atoms with Crippen LogP contribution in [0, 0.1) is 23.7 Å². The SMILES string of the molecule is Cc1cccc2c1OC[C@@H](NS(=O)(=O)CC1(C#N)CCCC1)C2. The number of benzene rings is 1. The Bertz CT molecular complexity index is 731. The molecular weight excluding hydrogens is 312 g/mol. The van der Waals surface area contributed by atoms with Crippen molar-refractivity contribution in [2.45, 2.75) is 45.1 Å². The van der Waals surface area contributed by atoms with Crippen molar-refractivity contribution in [3.05, 3.63) is 29.3 Å². The zero-order valence-corrected chi connectivity index (χ0v) is 14.2. The largest absolute Gasteiger partial charge is 0.491 e. The molecule has 124 valence electrons. The van der Waals surface area contributed by atoms with Crippen molar-refractivity contribution in [3.8, 4) is 11.8 Å². The average Bonchev–Trinajstić information content (AvgIpc) is 2.95. The summed E-state index contributed by atoms with van der Waals surface area (Å²) >= 11 is 0. The fourth-order valence-corrected chi connectivity index (χ4v) is 5.49. The number of fused-ring (bicyclic) bond motifs is 1. The third-order valence-electron chi connectivity index (χ3n) is 4.80. The first-order chi connectivity index (χ1) is 10.9. The minimum absolute atomic E-state index is 0.103. The van der Waals surface area contributed by atoms with Crippen molar-refractivity contribution in [1.29, 1.82) is 5.26 Å². The van der Waals surface area contributed by atoms with Gasteiger partial charge in [-0.3, -0.25) is 0 Å². The van der Waals surface area contributed by atoms with Gasteiger partial charge in [-0.25, -0.2) is 13.1 Å². The van der Waals surface area contributed by atoms with Crippen LogP contribution in [-0.2, 0) is 16.4 Å². The lowest BCUT2D eigenvalue weighted by Crippen LogP contribution is -2.45. The van der Waals surface area contributed by atoms with Gasteiger partial charge < -0.3 is 4.74 Å². The Hall–Kier alpha value is -1.58. The van der Waals surface area contributed by atoms with Crippen LogP contribution in [0.25, 0.3) is 0 Å². The molecule has 1 atom stereocenters. The number of nitrogens with zero attached hydrogens (tertiary/aromatic N) is 1. The summed E-state index contributed by atoms with van der Waals surface area (Å²) in [6.07, 6.45) is 3.83. The number of nitriles is 1. The molecule has 1 aromatic rings. The minimum Gasteiger partial charge on any atom is -0.491 e. The summed E-state index contributed by atoms with van der Waals surface area (Å²) in [5.41, 5.74) is 1.38. The fraction of sp³-hybridized carbons (Fsp3) is 0.588. The zero-order chi connectivity index (χ0) is 16.5. The van der Waals surface area contributed by atoms with E-state index < -0.39 is 15.4 Å². The van der Waals surface area contributed by atoms with Crippen LogP contribution in [0.4, 0.5) is 0 Å². The number of nitrogens with one attached hydrogen (secondary N) is 1. The highest BCUT2D eigenvalue weighted by Crippen LogP contribution is 2.38. The van der Waals surface area contributed by atoms with Crippen LogP contribution in [0.1, 0.15) is 36.8 Å². The monoisotopic (exact) mass is 334 g/mol. The second kappa shape index (κ2) is 6.14. The quantitative estimate of drug-likeness (QED) is 0.916. The fourth-order valence-electron chi connectivity index (χ4n) is 3.66. The van der Waals surface area contributed by atoms with E-state index in [-0.39, 0.29) is 11.8 Å². The van der Waals surface area contributed by atoms with E-state index in [2.05, 4.69) is 10.8 Å². The number of hydrogen-bond acceptors (Lipinski definition) is 4. The summed E-state index contributed by atoms with van der Waals surface area (Å²) in [6.45, 7) is 2.32. The number of rotatable bonds is 4. The maximum absolute atomic E-state index is 12.5. The molecule has 1 fully saturated rings. The molecule has 5 nitrogen and oxygen atoms in total. The predicted molar refractivity (Wildman–Crippen MR) is 87.6 cm³/mol. The molecule has 1 aliphatic carbocycles. The molecule has 0 radical (unpaired) electrons. The van der Waals surface area contributed by atoms with Crippen molar-refractivity contribution in [3.63, 3.8) is 0 Å². The summed E-state index contributed by atoms with van der Waals surface area (Å²) < 4.78 is 33.4. The Labute approximate surface area is 137 Å².